The van der Waals surface area contributed by atoms with Crippen molar-refractivity contribution in [1.82, 2.24) is 15.2 Å². The van der Waals surface area contributed by atoms with E-state index in [2.05, 4.69) is 10.6 Å². The molecule has 0 unspecified atom stereocenters. The molecule has 14 nitrogen and oxygen atoms in total. The summed E-state index contributed by atoms with van der Waals surface area (Å²) in [7, 11) is 0. The van der Waals surface area contributed by atoms with Crippen LogP contribution in [-0.4, -0.2) is 112 Å². The van der Waals surface area contributed by atoms with Crippen LogP contribution >= 0.6 is 11.3 Å². The number of Topliss-reactive ketones (excluding diaryl/α,β-unsaturated/α-hetero) is 1. The first-order valence-corrected chi connectivity index (χ1v) is 24.3. The smallest absolute Gasteiger partial charge is 0.308 e. The predicted octanol–water partition coefficient (Wildman–Crippen LogP) is 7.81. The molecular weight excluding hydrogens is 837 g/mol. The number of hydrogen-bond acceptors (Lipinski definition) is 11. The van der Waals surface area contributed by atoms with Gasteiger partial charge < -0.3 is 43.8 Å². The van der Waals surface area contributed by atoms with Crippen molar-refractivity contribution >= 4 is 56.7 Å². The molecule has 1 aromatic carbocycles. The molecule has 3 amide bonds. The number of esters is 1. The molecule has 356 valence electrons. The molecule has 0 spiro atoms. The Kier molecular flexibility index (Phi) is 23.5. The van der Waals surface area contributed by atoms with Gasteiger partial charge in [-0.05, 0) is 114 Å². The Morgan fingerprint density at radius 3 is 2.09 bits per heavy atom. The van der Waals surface area contributed by atoms with Crippen molar-refractivity contribution in [3.05, 3.63) is 53.0 Å². The van der Waals surface area contributed by atoms with Crippen LogP contribution in [0.2, 0.25) is 0 Å². The number of unbranched alkanes of at least 4 members (excludes halogenated alkanes) is 4. The molecule has 4 rings (SSSR count). The van der Waals surface area contributed by atoms with Crippen molar-refractivity contribution in [2.24, 2.45) is 11.8 Å². The highest BCUT2D eigenvalue weighted by molar-refractivity contribution is 7.17. The Bertz CT molecular complexity index is 1880. The highest BCUT2D eigenvalue weighted by Gasteiger charge is 2.29. The summed E-state index contributed by atoms with van der Waals surface area (Å²) in [6, 6.07) is 11.8. The number of aryl methyl sites for hydroxylation is 1. The number of ether oxygens (including phenoxy) is 5. The van der Waals surface area contributed by atoms with E-state index in [0.717, 1.165) is 79.3 Å². The minimum atomic E-state index is -0.490. The number of rotatable bonds is 31. The van der Waals surface area contributed by atoms with Crippen molar-refractivity contribution in [2.75, 3.05) is 77.4 Å². The third-order valence-corrected chi connectivity index (χ3v) is 12.0. The molecule has 1 aliphatic rings. The molecule has 3 aromatic rings. The zero-order valence-electron chi connectivity index (χ0n) is 39.1. The van der Waals surface area contributed by atoms with Gasteiger partial charge in [-0.3, -0.25) is 24.0 Å². The van der Waals surface area contributed by atoms with Gasteiger partial charge in [-0.2, -0.15) is 0 Å². The number of hydrogen-bond donors (Lipinski definition) is 2. The van der Waals surface area contributed by atoms with E-state index in [1.807, 2.05) is 81.0 Å². The molecule has 0 atom stereocenters. The number of anilines is 1. The lowest BCUT2D eigenvalue weighted by atomic mass is 9.79. The van der Waals surface area contributed by atoms with Gasteiger partial charge in [0.2, 0.25) is 17.7 Å². The van der Waals surface area contributed by atoms with Gasteiger partial charge in [0.1, 0.15) is 12.1 Å². The molecule has 64 heavy (non-hydrogen) atoms. The highest BCUT2D eigenvalue weighted by Crippen LogP contribution is 2.33. The van der Waals surface area contributed by atoms with Crippen LogP contribution in [0.15, 0.2) is 41.8 Å². The molecule has 0 bridgehead atoms. The van der Waals surface area contributed by atoms with E-state index in [1.54, 1.807) is 16.2 Å². The number of likely N-dealkylation sites (N-methyl/N-ethyl adjacent to an activating group) is 1. The SMILES string of the molecule is CCN(C(=O)Cn1c(C(=O)CC2CCC(C(=O)NCCCCCCCC(=O)NCCOCCOCCOCCOCCC(=O)OC(C)(C)C)CC2)cc2sccc21)c1cccc(C)c1. The molecule has 0 saturated heterocycles. The second-order valence-electron chi connectivity index (χ2n) is 17.6. The second-order valence-corrected chi connectivity index (χ2v) is 18.5. The third kappa shape index (κ3) is 19.5. The van der Waals surface area contributed by atoms with Crippen LogP contribution in [0.3, 0.4) is 0 Å². The number of ketones is 1. The summed E-state index contributed by atoms with van der Waals surface area (Å²) in [5.74, 6) is 0.0575. The maximum atomic E-state index is 13.8. The highest BCUT2D eigenvalue weighted by atomic mass is 32.1. The van der Waals surface area contributed by atoms with Gasteiger partial charge in [0.25, 0.3) is 0 Å². The van der Waals surface area contributed by atoms with E-state index >= 15 is 0 Å². The van der Waals surface area contributed by atoms with Gasteiger partial charge in [-0.15, -0.1) is 11.3 Å². The molecule has 0 aliphatic heterocycles. The first-order chi connectivity index (χ1) is 30.8. The second kappa shape index (κ2) is 28.7. The molecule has 2 heterocycles. The maximum Gasteiger partial charge on any atom is 0.308 e. The number of nitrogens with one attached hydrogen (secondary N) is 2. The van der Waals surface area contributed by atoms with Crippen molar-refractivity contribution in [2.45, 2.75) is 124 Å². The summed E-state index contributed by atoms with van der Waals surface area (Å²) in [6.07, 6.45) is 9.05. The number of benzene rings is 1. The van der Waals surface area contributed by atoms with Gasteiger partial charge in [0, 0.05) is 44.1 Å². The van der Waals surface area contributed by atoms with E-state index in [4.69, 9.17) is 23.7 Å². The third-order valence-electron chi connectivity index (χ3n) is 11.2. The number of carbonyl (C=O) groups excluding carboxylic acids is 5. The van der Waals surface area contributed by atoms with Crippen molar-refractivity contribution in [1.29, 1.82) is 0 Å². The predicted molar refractivity (Wildman–Crippen MR) is 251 cm³/mol. The standard InChI is InChI=1S/C49H74N4O10S/c1-6-52(40-14-12-13-37(2)33-40)46(56)36-53-41-21-32-64-44(41)35-42(53)43(54)34-38-16-18-39(19-17-38)48(58)51-22-11-9-7-8-10-15-45(55)50-23-25-60-27-29-62-31-30-61-28-26-59-24-20-47(57)63-49(3,4)5/h12-14,21,32-33,35,38-39H,6-11,15-20,22-31,34,36H2,1-5H3,(H,50,55)(H,51,58). The Balaban J connectivity index is 0.956. The minimum absolute atomic E-state index is 0.0226. The molecule has 15 heteroatoms. The Morgan fingerprint density at radius 2 is 1.42 bits per heavy atom. The molecular formula is C49H74N4O10S. The Labute approximate surface area is 384 Å². The molecule has 0 radical (unpaired) electrons. The summed E-state index contributed by atoms with van der Waals surface area (Å²) in [5.41, 5.74) is 2.96. The van der Waals surface area contributed by atoms with E-state index < -0.39 is 5.60 Å². The minimum Gasteiger partial charge on any atom is -0.460 e. The summed E-state index contributed by atoms with van der Waals surface area (Å²) in [5, 5.41) is 8.02. The molecule has 1 fully saturated rings. The number of nitrogens with zero attached hydrogens (tertiary/aromatic N) is 2. The number of carbonyl (C=O) groups is 5. The van der Waals surface area contributed by atoms with Crippen molar-refractivity contribution in [3.63, 3.8) is 0 Å². The Morgan fingerprint density at radius 1 is 0.766 bits per heavy atom. The largest absolute Gasteiger partial charge is 0.460 e. The molecule has 2 aromatic heterocycles. The summed E-state index contributed by atoms with van der Waals surface area (Å²) in [6.45, 7) is 14.5. The van der Waals surface area contributed by atoms with Gasteiger partial charge in [0.05, 0.1) is 75.2 Å². The monoisotopic (exact) mass is 911 g/mol. The molecule has 2 N–H and O–H groups in total. The van der Waals surface area contributed by atoms with Crippen LogP contribution in [0, 0.1) is 18.8 Å². The zero-order valence-corrected chi connectivity index (χ0v) is 39.9. The number of thiophene rings is 1. The van der Waals surface area contributed by atoms with E-state index in [1.165, 1.54) is 0 Å². The quantitative estimate of drug-likeness (QED) is 0.0370. The number of amides is 3. The summed E-state index contributed by atoms with van der Waals surface area (Å²) < 4.78 is 30.0. The van der Waals surface area contributed by atoms with E-state index in [9.17, 15) is 24.0 Å². The maximum absolute atomic E-state index is 13.8. The van der Waals surface area contributed by atoms with Crippen LogP contribution in [0.5, 0.6) is 0 Å². The van der Waals surface area contributed by atoms with Crippen LogP contribution in [0.25, 0.3) is 10.2 Å². The average molecular weight is 911 g/mol. The fourth-order valence-electron chi connectivity index (χ4n) is 7.85. The van der Waals surface area contributed by atoms with Gasteiger partial charge in [-0.25, -0.2) is 0 Å². The fourth-order valence-corrected chi connectivity index (χ4v) is 8.67. The number of aromatic nitrogens is 1. The first-order valence-electron chi connectivity index (χ1n) is 23.4. The van der Waals surface area contributed by atoms with Gasteiger partial charge in [0.15, 0.2) is 5.78 Å². The van der Waals surface area contributed by atoms with Gasteiger partial charge >= 0.3 is 5.97 Å². The number of fused-ring (bicyclic) bond motifs is 1. The van der Waals surface area contributed by atoms with Crippen LogP contribution in [0.4, 0.5) is 5.69 Å². The lowest BCUT2D eigenvalue weighted by Crippen LogP contribution is -2.35. The lowest BCUT2D eigenvalue weighted by Gasteiger charge is -2.27. The summed E-state index contributed by atoms with van der Waals surface area (Å²) in [4.78, 5) is 65.9. The topological polar surface area (TPSA) is 164 Å². The van der Waals surface area contributed by atoms with E-state index in [0.29, 0.717) is 91.0 Å². The first kappa shape index (κ1) is 52.5. The summed E-state index contributed by atoms with van der Waals surface area (Å²) >= 11 is 1.58. The van der Waals surface area contributed by atoms with E-state index in [-0.39, 0.29) is 54.3 Å². The van der Waals surface area contributed by atoms with Crippen molar-refractivity contribution in [3.8, 4) is 0 Å². The normalized spacial score (nSPS) is 15.3. The zero-order chi connectivity index (χ0) is 46.2. The molecule has 1 saturated carbocycles. The average Bonchev–Trinajstić information content (AvgIpc) is 3.85. The molecule has 1 aliphatic carbocycles. The van der Waals surface area contributed by atoms with Crippen molar-refractivity contribution < 1.29 is 47.7 Å². The lowest BCUT2D eigenvalue weighted by molar-refractivity contribution is -0.156. The fraction of sp³-hybridized carbons (Fsp3) is 0.653. The Hall–Kier alpha value is -4.15. The van der Waals surface area contributed by atoms with Gasteiger partial charge in [-0.1, -0.05) is 31.4 Å². The van der Waals surface area contributed by atoms with Crippen LogP contribution in [-0.2, 0) is 49.4 Å². The van der Waals surface area contributed by atoms with Crippen LogP contribution < -0.4 is 15.5 Å². The van der Waals surface area contributed by atoms with Crippen LogP contribution in [0.1, 0.15) is 121 Å².